The van der Waals surface area contributed by atoms with Crippen molar-refractivity contribution in [1.29, 1.82) is 0 Å². The van der Waals surface area contributed by atoms with E-state index in [0.29, 0.717) is 43.2 Å². The van der Waals surface area contributed by atoms with Crippen LogP contribution in [0.1, 0.15) is 31.9 Å². The van der Waals surface area contributed by atoms with Crippen LogP contribution in [0, 0.1) is 5.82 Å². The van der Waals surface area contributed by atoms with Gasteiger partial charge in [-0.1, -0.05) is 12.1 Å². The van der Waals surface area contributed by atoms with Crippen LogP contribution >= 0.6 is 0 Å². The minimum absolute atomic E-state index is 0.0614. The van der Waals surface area contributed by atoms with Crippen molar-refractivity contribution >= 4 is 11.6 Å². The van der Waals surface area contributed by atoms with E-state index in [2.05, 4.69) is 33.9 Å². The predicted molar refractivity (Wildman–Crippen MR) is 141 cm³/mol. The number of nitrogens with one attached hydrogen (secondary N) is 1. The first kappa shape index (κ1) is 26.0. The molecule has 8 nitrogen and oxygen atoms in total. The summed E-state index contributed by atoms with van der Waals surface area (Å²) in [5.74, 6) is 0.295. The smallest absolute Gasteiger partial charge is 0.241 e. The van der Waals surface area contributed by atoms with Gasteiger partial charge in [-0.05, 0) is 56.5 Å². The van der Waals surface area contributed by atoms with Crippen LogP contribution in [-0.4, -0.2) is 97.4 Å². The van der Waals surface area contributed by atoms with Crippen LogP contribution in [0.4, 0.5) is 10.1 Å². The zero-order chi connectivity index (χ0) is 25.9. The molecule has 2 saturated heterocycles. The number of halogens is 1. The minimum atomic E-state index is -0.255. The molecule has 0 saturated carbocycles. The van der Waals surface area contributed by atoms with Gasteiger partial charge in [-0.2, -0.15) is 0 Å². The van der Waals surface area contributed by atoms with Crippen LogP contribution in [-0.2, 0) is 16.0 Å². The number of hydrogen-bond donors (Lipinski definition) is 1. The van der Waals surface area contributed by atoms with Gasteiger partial charge in [0, 0.05) is 50.5 Å². The number of nitrogens with zero attached hydrogens (tertiary/aromatic N) is 4. The number of anilines is 1. The van der Waals surface area contributed by atoms with Gasteiger partial charge in [0.15, 0.2) is 0 Å². The Morgan fingerprint density at radius 2 is 1.95 bits per heavy atom. The van der Waals surface area contributed by atoms with Crippen LogP contribution in [0.2, 0.25) is 0 Å². The maximum atomic E-state index is 13.8. The molecule has 1 N–H and O–H groups in total. The first-order chi connectivity index (χ1) is 17.9. The minimum Gasteiger partial charge on any atom is -0.471 e. The summed E-state index contributed by atoms with van der Waals surface area (Å²) in [7, 11) is 0. The molecule has 2 unspecified atom stereocenters. The average molecular weight is 512 g/mol. The van der Waals surface area contributed by atoms with E-state index in [-0.39, 0.29) is 23.9 Å². The number of piperazine rings is 1. The molecule has 200 valence electrons. The van der Waals surface area contributed by atoms with E-state index in [0.717, 1.165) is 50.5 Å². The molecule has 2 fully saturated rings. The number of fused-ring (bicyclic) bond motifs is 1. The molecular weight excluding hydrogens is 473 g/mol. The van der Waals surface area contributed by atoms with E-state index in [4.69, 9.17) is 9.47 Å². The van der Waals surface area contributed by atoms with Gasteiger partial charge in [0.2, 0.25) is 11.8 Å². The third kappa shape index (κ3) is 6.29. The van der Waals surface area contributed by atoms with E-state index in [1.165, 1.54) is 12.1 Å². The summed E-state index contributed by atoms with van der Waals surface area (Å²) in [6, 6.07) is 9.42. The van der Waals surface area contributed by atoms with Crippen LogP contribution in [0.5, 0.6) is 5.88 Å². The van der Waals surface area contributed by atoms with Crippen molar-refractivity contribution in [2.75, 3.05) is 57.4 Å². The maximum absolute atomic E-state index is 13.8. The lowest BCUT2D eigenvalue weighted by Crippen LogP contribution is -2.62. The lowest BCUT2D eigenvalue weighted by Gasteiger charge is -2.44. The number of amides is 1. The quantitative estimate of drug-likeness (QED) is 0.638. The van der Waals surface area contributed by atoms with Gasteiger partial charge in [-0.3, -0.25) is 14.6 Å². The van der Waals surface area contributed by atoms with Gasteiger partial charge in [0.25, 0.3) is 0 Å². The van der Waals surface area contributed by atoms with Gasteiger partial charge >= 0.3 is 0 Å². The molecule has 1 amide bonds. The molecule has 4 heterocycles. The molecule has 1 aromatic carbocycles. The number of pyridine rings is 1. The van der Waals surface area contributed by atoms with Crippen LogP contribution in [0.25, 0.3) is 0 Å². The van der Waals surface area contributed by atoms with Crippen LogP contribution in [0.3, 0.4) is 0 Å². The first-order valence-corrected chi connectivity index (χ1v) is 13.4. The number of carbonyl (C=O) groups is 1. The summed E-state index contributed by atoms with van der Waals surface area (Å²) in [5.41, 5.74) is 2.65. The average Bonchev–Trinajstić information content (AvgIpc) is 2.88. The SMILES string of the molecule is CC1CN(C(=O)CN2C[C@@H](C)NC[C@@H]2CN2CCOCC2C)c2cc(Cc3ccc(F)cc3)cnc2O1. The molecule has 0 bridgehead atoms. The summed E-state index contributed by atoms with van der Waals surface area (Å²) in [6.07, 6.45) is 2.24. The molecular formula is C28H38FN5O3. The Morgan fingerprint density at radius 1 is 1.14 bits per heavy atom. The maximum Gasteiger partial charge on any atom is 0.241 e. The third-order valence-corrected chi connectivity index (χ3v) is 7.57. The first-order valence-electron chi connectivity index (χ1n) is 13.4. The lowest BCUT2D eigenvalue weighted by atomic mass is 10.1. The van der Waals surface area contributed by atoms with Crippen molar-refractivity contribution in [3.05, 3.63) is 53.5 Å². The largest absolute Gasteiger partial charge is 0.471 e. The zero-order valence-electron chi connectivity index (χ0n) is 22.0. The number of rotatable bonds is 6. The molecule has 4 atom stereocenters. The Labute approximate surface area is 218 Å². The Kier molecular flexibility index (Phi) is 8.04. The number of hydrogen-bond acceptors (Lipinski definition) is 7. The summed E-state index contributed by atoms with van der Waals surface area (Å²) in [6.45, 7) is 12.2. The number of morpholine rings is 1. The van der Waals surface area contributed by atoms with Gasteiger partial charge in [-0.15, -0.1) is 0 Å². The van der Waals surface area contributed by atoms with E-state index < -0.39 is 0 Å². The van der Waals surface area contributed by atoms with Crippen molar-refractivity contribution in [2.45, 2.75) is 51.4 Å². The van der Waals surface area contributed by atoms with Crippen LogP contribution < -0.4 is 15.0 Å². The molecule has 3 aliphatic rings. The second kappa shape index (κ2) is 11.4. The van der Waals surface area contributed by atoms with Gasteiger partial charge < -0.3 is 19.7 Å². The molecule has 9 heteroatoms. The van der Waals surface area contributed by atoms with Gasteiger partial charge in [0.1, 0.15) is 17.6 Å². The number of aromatic nitrogens is 1. The molecule has 3 aliphatic heterocycles. The fourth-order valence-electron chi connectivity index (χ4n) is 5.49. The van der Waals surface area contributed by atoms with Crippen molar-refractivity contribution < 1.29 is 18.7 Å². The Hall–Kier alpha value is -2.59. The molecule has 1 aromatic heterocycles. The molecule has 0 aliphatic carbocycles. The third-order valence-electron chi connectivity index (χ3n) is 7.57. The Morgan fingerprint density at radius 3 is 2.73 bits per heavy atom. The number of benzene rings is 1. The molecule has 0 spiro atoms. The Balaban J connectivity index is 1.32. The fraction of sp³-hybridized carbons (Fsp3) is 0.571. The summed E-state index contributed by atoms with van der Waals surface area (Å²) >= 11 is 0. The standard InChI is InChI=1S/C28H38FN5O3/c1-19-14-33(25(13-30-19)16-32-8-9-36-18-20(32)2)17-27(35)34-15-21(3)37-28-26(34)11-23(12-31-28)10-22-4-6-24(29)7-5-22/h4-7,11-12,19-21,25,30H,8-10,13-18H2,1-3H3/t19-,20?,21?,25-/m1/s1. The normalized spacial score (nSPS) is 27.0. The summed E-state index contributed by atoms with van der Waals surface area (Å²) in [5, 5.41) is 3.60. The van der Waals surface area contributed by atoms with E-state index >= 15 is 0 Å². The van der Waals surface area contributed by atoms with Crippen molar-refractivity contribution in [3.8, 4) is 5.88 Å². The Bertz CT molecular complexity index is 1080. The highest BCUT2D eigenvalue weighted by Crippen LogP contribution is 2.33. The highest BCUT2D eigenvalue weighted by molar-refractivity contribution is 5.96. The second-order valence-electron chi connectivity index (χ2n) is 10.7. The molecule has 37 heavy (non-hydrogen) atoms. The molecule has 5 rings (SSSR count). The zero-order valence-corrected chi connectivity index (χ0v) is 22.0. The fourth-order valence-corrected chi connectivity index (χ4v) is 5.49. The van der Waals surface area contributed by atoms with Crippen molar-refractivity contribution in [3.63, 3.8) is 0 Å². The highest BCUT2D eigenvalue weighted by Gasteiger charge is 2.34. The predicted octanol–water partition coefficient (Wildman–Crippen LogP) is 2.31. The number of carbonyl (C=O) groups excluding carboxylic acids is 1. The van der Waals surface area contributed by atoms with Gasteiger partial charge in [0.05, 0.1) is 26.3 Å². The lowest BCUT2D eigenvalue weighted by molar-refractivity contribution is -0.121. The van der Waals surface area contributed by atoms with Crippen molar-refractivity contribution in [2.24, 2.45) is 0 Å². The second-order valence-corrected chi connectivity index (χ2v) is 10.7. The van der Waals surface area contributed by atoms with Gasteiger partial charge in [-0.25, -0.2) is 9.37 Å². The van der Waals surface area contributed by atoms with E-state index in [1.54, 1.807) is 18.3 Å². The summed E-state index contributed by atoms with van der Waals surface area (Å²) < 4.78 is 24.9. The molecule has 0 radical (unpaired) electrons. The highest BCUT2D eigenvalue weighted by atomic mass is 19.1. The molecule has 2 aromatic rings. The van der Waals surface area contributed by atoms with E-state index in [9.17, 15) is 9.18 Å². The number of ether oxygens (including phenoxy) is 2. The van der Waals surface area contributed by atoms with E-state index in [1.807, 2.05) is 17.9 Å². The van der Waals surface area contributed by atoms with Crippen molar-refractivity contribution in [1.82, 2.24) is 20.1 Å². The monoisotopic (exact) mass is 511 g/mol. The summed E-state index contributed by atoms with van der Waals surface area (Å²) in [4.78, 5) is 25.0. The topological polar surface area (TPSA) is 70.2 Å². The van der Waals surface area contributed by atoms with Crippen LogP contribution in [0.15, 0.2) is 36.5 Å².